The summed E-state index contributed by atoms with van der Waals surface area (Å²) in [6, 6.07) is 1.46. The highest BCUT2D eigenvalue weighted by molar-refractivity contribution is 7.91. The van der Waals surface area contributed by atoms with Crippen LogP contribution in [-0.4, -0.2) is 59.8 Å². The van der Waals surface area contributed by atoms with Crippen molar-refractivity contribution in [2.45, 2.75) is 33.2 Å². The summed E-state index contributed by atoms with van der Waals surface area (Å²) in [7, 11) is -2.97. The molecule has 1 aromatic heterocycles. The molecule has 1 aliphatic heterocycles. The third kappa shape index (κ3) is 3.94. The standard InChI is InChI=1S/C14H22N4O3S/c1-4-18(5-2)13(19)12-8-10(3)15-14(17-12)16-11-6-7-22(20,21)9-11/h8,11H,4-7,9H2,1-3H3,(H,15,16,17). The summed E-state index contributed by atoms with van der Waals surface area (Å²) in [6.07, 6.45) is 0.541. The van der Waals surface area contributed by atoms with Crippen LogP contribution in [0.25, 0.3) is 0 Å². The number of hydrogen-bond acceptors (Lipinski definition) is 6. The van der Waals surface area contributed by atoms with Crippen LogP contribution in [0, 0.1) is 6.92 Å². The van der Waals surface area contributed by atoms with Crippen molar-refractivity contribution in [2.24, 2.45) is 0 Å². The monoisotopic (exact) mass is 326 g/mol. The van der Waals surface area contributed by atoms with Crippen molar-refractivity contribution in [3.8, 4) is 0 Å². The van der Waals surface area contributed by atoms with Gasteiger partial charge in [0.25, 0.3) is 5.91 Å². The van der Waals surface area contributed by atoms with E-state index in [-0.39, 0.29) is 23.5 Å². The predicted octanol–water partition coefficient (Wildman–Crippen LogP) is 0.866. The smallest absolute Gasteiger partial charge is 0.272 e. The maximum Gasteiger partial charge on any atom is 0.272 e. The molecule has 1 amide bonds. The quantitative estimate of drug-likeness (QED) is 0.863. The van der Waals surface area contributed by atoms with E-state index in [2.05, 4.69) is 15.3 Å². The van der Waals surface area contributed by atoms with Crippen molar-refractivity contribution >= 4 is 21.7 Å². The molecule has 1 N–H and O–H groups in total. The van der Waals surface area contributed by atoms with Crippen molar-refractivity contribution in [2.75, 3.05) is 29.9 Å². The number of carbonyl (C=O) groups excluding carboxylic acids is 1. The summed E-state index contributed by atoms with van der Waals surface area (Å²) in [6.45, 7) is 6.84. The van der Waals surface area contributed by atoms with E-state index in [4.69, 9.17) is 0 Å². The molecule has 22 heavy (non-hydrogen) atoms. The molecule has 0 radical (unpaired) electrons. The van der Waals surface area contributed by atoms with E-state index in [1.54, 1.807) is 17.9 Å². The van der Waals surface area contributed by atoms with Crippen LogP contribution in [0.3, 0.4) is 0 Å². The highest BCUT2D eigenvalue weighted by Gasteiger charge is 2.28. The lowest BCUT2D eigenvalue weighted by atomic mass is 10.2. The van der Waals surface area contributed by atoms with Crippen molar-refractivity contribution in [1.29, 1.82) is 0 Å². The Bertz CT molecular complexity index is 656. The van der Waals surface area contributed by atoms with Crippen molar-refractivity contribution in [1.82, 2.24) is 14.9 Å². The largest absolute Gasteiger partial charge is 0.350 e. The van der Waals surface area contributed by atoms with Crippen LogP contribution in [-0.2, 0) is 9.84 Å². The summed E-state index contributed by atoms with van der Waals surface area (Å²) in [5.41, 5.74) is 1.01. The molecule has 1 aliphatic rings. The molecule has 122 valence electrons. The number of amides is 1. The second-order valence-corrected chi connectivity index (χ2v) is 7.67. The van der Waals surface area contributed by atoms with Gasteiger partial charge in [0, 0.05) is 24.8 Å². The molecule has 2 rings (SSSR count). The number of aromatic nitrogens is 2. The van der Waals surface area contributed by atoms with Gasteiger partial charge in [0.1, 0.15) is 5.69 Å². The van der Waals surface area contributed by atoms with E-state index in [0.29, 0.717) is 36.8 Å². The Labute approximate surface area is 131 Å². The Morgan fingerprint density at radius 1 is 1.36 bits per heavy atom. The van der Waals surface area contributed by atoms with Crippen LogP contribution in [0.4, 0.5) is 5.95 Å². The number of nitrogens with one attached hydrogen (secondary N) is 1. The average Bonchev–Trinajstić information content (AvgIpc) is 2.78. The molecule has 1 saturated heterocycles. The summed E-state index contributed by atoms with van der Waals surface area (Å²) in [5.74, 6) is 0.445. The van der Waals surface area contributed by atoms with E-state index in [0.717, 1.165) is 0 Å². The van der Waals surface area contributed by atoms with Gasteiger partial charge in [-0.2, -0.15) is 0 Å². The zero-order valence-corrected chi connectivity index (χ0v) is 14.0. The predicted molar refractivity (Wildman–Crippen MR) is 84.7 cm³/mol. The van der Waals surface area contributed by atoms with E-state index < -0.39 is 9.84 Å². The van der Waals surface area contributed by atoms with Gasteiger partial charge in [-0.15, -0.1) is 0 Å². The van der Waals surface area contributed by atoms with E-state index >= 15 is 0 Å². The molecule has 2 heterocycles. The topological polar surface area (TPSA) is 92.3 Å². The molecule has 0 saturated carbocycles. The Balaban J connectivity index is 2.18. The van der Waals surface area contributed by atoms with Crippen molar-refractivity contribution in [3.05, 3.63) is 17.5 Å². The van der Waals surface area contributed by atoms with Crippen molar-refractivity contribution < 1.29 is 13.2 Å². The first kappa shape index (κ1) is 16.7. The lowest BCUT2D eigenvalue weighted by Gasteiger charge is -2.19. The minimum absolute atomic E-state index is 0.0869. The highest BCUT2D eigenvalue weighted by Crippen LogP contribution is 2.16. The van der Waals surface area contributed by atoms with Crippen molar-refractivity contribution in [3.63, 3.8) is 0 Å². The summed E-state index contributed by atoms with van der Waals surface area (Å²) in [4.78, 5) is 22.6. The SMILES string of the molecule is CCN(CC)C(=O)c1cc(C)nc(NC2CCS(=O)(=O)C2)n1. The van der Waals surface area contributed by atoms with Gasteiger partial charge in [0.2, 0.25) is 5.95 Å². The van der Waals surface area contributed by atoms with Gasteiger partial charge in [-0.25, -0.2) is 18.4 Å². The number of sulfone groups is 1. The van der Waals surface area contributed by atoms with Gasteiger partial charge in [-0.3, -0.25) is 4.79 Å². The first-order valence-corrected chi connectivity index (χ1v) is 9.28. The molecule has 1 fully saturated rings. The van der Waals surface area contributed by atoms with Crippen LogP contribution < -0.4 is 5.32 Å². The number of nitrogens with zero attached hydrogens (tertiary/aromatic N) is 3. The normalized spacial score (nSPS) is 19.9. The zero-order valence-electron chi connectivity index (χ0n) is 13.2. The first-order chi connectivity index (χ1) is 10.3. The number of aryl methyl sites for hydroxylation is 1. The maximum atomic E-state index is 12.4. The Kier molecular flexibility index (Phi) is 5.00. The van der Waals surface area contributed by atoms with Gasteiger partial charge in [0.05, 0.1) is 11.5 Å². The number of rotatable bonds is 5. The molecule has 0 bridgehead atoms. The molecular weight excluding hydrogens is 304 g/mol. The minimum Gasteiger partial charge on any atom is -0.350 e. The first-order valence-electron chi connectivity index (χ1n) is 7.46. The lowest BCUT2D eigenvalue weighted by Crippen LogP contribution is -2.31. The Morgan fingerprint density at radius 2 is 2.05 bits per heavy atom. The summed E-state index contributed by atoms with van der Waals surface area (Å²) in [5, 5.41) is 3.04. The van der Waals surface area contributed by atoms with Crippen LogP contribution in [0.1, 0.15) is 36.5 Å². The van der Waals surface area contributed by atoms with Gasteiger partial charge < -0.3 is 10.2 Å². The van der Waals surface area contributed by atoms with Crippen LogP contribution in [0.15, 0.2) is 6.07 Å². The molecule has 0 aliphatic carbocycles. The zero-order chi connectivity index (χ0) is 16.3. The van der Waals surface area contributed by atoms with Gasteiger partial charge in [0.15, 0.2) is 9.84 Å². The van der Waals surface area contributed by atoms with E-state index in [1.165, 1.54) is 0 Å². The average molecular weight is 326 g/mol. The number of hydrogen-bond donors (Lipinski definition) is 1. The molecule has 8 heteroatoms. The molecule has 1 unspecified atom stereocenters. The Hall–Kier alpha value is -1.70. The van der Waals surface area contributed by atoms with Crippen LogP contribution in [0.2, 0.25) is 0 Å². The van der Waals surface area contributed by atoms with E-state index in [1.807, 2.05) is 13.8 Å². The fourth-order valence-electron chi connectivity index (χ4n) is 2.51. The minimum atomic E-state index is -2.97. The van der Waals surface area contributed by atoms with E-state index in [9.17, 15) is 13.2 Å². The maximum absolute atomic E-state index is 12.4. The summed E-state index contributed by atoms with van der Waals surface area (Å²) >= 11 is 0. The number of carbonyl (C=O) groups is 1. The second-order valence-electron chi connectivity index (χ2n) is 5.44. The third-order valence-corrected chi connectivity index (χ3v) is 5.46. The highest BCUT2D eigenvalue weighted by atomic mass is 32.2. The fraction of sp³-hybridized carbons (Fsp3) is 0.643. The molecule has 1 atom stereocenters. The third-order valence-electron chi connectivity index (χ3n) is 3.69. The molecule has 1 aromatic rings. The molecule has 7 nitrogen and oxygen atoms in total. The Morgan fingerprint density at radius 3 is 2.59 bits per heavy atom. The molecule has 0 spiro atoms. The van der Waals surface area contributed by atoms with Gasteiger partial charge >= 0.3 is 0 Å². The van der Waals surface area contributed by atoms with Crippen LogP contribution >= 0.6 is 0 Å². The molecular formula is C14H22N4O3S. The molecule has 0 aromatic carbocycles. The number of anilines is 1. The summed E-state index contributed by atoms with van der Waals surface area (Å²) < 4.78 is 23.0. The van der Waals surface area contributed by atoms with Crippen LogP contribution in [0.5, 0.6) is 0 Å². The van der Waals surface area contributed by atoms with Gasteiger partial charge in [-0.1, -0.05) is 0 Å². The fourth-order valence-corrected chi connectivity index (χ4v) is 4.18. The lowest BCUT2D eigenvalue weighted by molar-refractivity contribution is 0.0767. The van der Waals surface area contributed by atoms with Gasteiger partial charge in [-0.05, 0) is 33.3 Å². The second kappa shape index (κ2) is 6.60.